The first-order valence-electron chi connectivity index (χ1n) is 6.06. The van der Waals surface area contributed by atoms with Crippen molar-refractivity contribution < 1.29 is 13.2 Å². The number of hydrogen-bond acceptors (Lipinski definition) is 1. The quantitative estimate of drug-likeness (QED) is 0.785. The molecule has 1 saturated carbocycles. The third kappa shape index (κ3) is 2.93. The van der Waals surface area contributed by atoms with Crippen LogP contribution in [0.3, 0.4) is 0 Å². The molecule has 0 atom stereocenters. The molecule has 0 spiro atoms. The lowest BCUT2D eigenvalue weighted by Crippen LogP contribution is -2.09. The highest BCUT2D eigenvalue weighted by Crippen LogP contribution is 2.27. The Morgan fingerprint density at radius 1 is 1.06 bits per heavy atom. The SMILES string of the molecule is Fc1ccc(NCCC2CCCC2)c(F)c1F. The van der Waals surface area contributed by atoms with Crippen molar-refractivity contribution >= 4 is 5.69 Å². The van der Waals surface area contributed by atoms with E-state index >= 15 is 0 Å². The normalized spacial score (nSPS) is 16.4. The minimum absolute atomic E-state index is 0.0434. The Labute approximate surface area is 99.0 Å². The molecule has 0 saturated heterocycles. The molecule has 4 heteroatoms. The van der Waals surface area contributed by atoms with Gasteiger partial charge in [0.2, 0.25) is 0 Å². The molecule has 1 nitrogen and oxygen atoms in total. The van der Waals surface area contributed by atoms with Gasteiger partial charge in [-0.15, -0.1) is 0 Å². The zero-order chi connectivity index (χ0) is 12.3. The summed E-state index contributed by atoms with van der Waals surface area (Å²) >= 11 is 0. The standard InChI is InChI=1S/C13H16F3N/c14-10-5-6-11(13(16)12(10)15)17-8-7-9-3-1-2-4-9/h5-6,9,17H,1-4,7-8H2. The van der Waals surface area contributed by atoms with Gasteiger partial charge in [0.15, 0.2) is 17.5 Å². The van der Waals surface area contributed by atoms with E-state index in [4.69, 9.17) is 0 Å². The van der Waals surface area contributed by atoms with Crippen molar-refractivity contribution in [2.75, 3.05) is 11.9 Å². The summed E-state index contributed by atoms with van der Waals surface area (Å²) < 4.78 is 38.9. The van der Waals surface area contributed by atoms with E-state index in [0.29, 0.717) is 12.5 Å². The van der Waals surface area contributed by atoms with Gasteiger partial charge in [-0.3, -0.25) is 0 Å². The minimum atomic E-state index is -1.41. The first-order valence-corrected chi connectivity index (χ1v) is 6.06. The third-order valence-electron chi connectivity index (χ3n) is 3.38. The molecule has 0 radical (unpaired) electrons. The van der Waals surface area contributed by atoms with Crippen molar-refractivity contribution in [1.29, 1.82) is 0 Å². The van der Waals surface area contributed by atoms with Crippen LogP contribution in [-0.2, 0) is 0 Å². The topological polar surface area (TPSA) is 12.0 Å². The van der Waals surface area contributed by atoms with Crippen LogP contribution in [0.25, 0.3) is 0 Å². The summed E-state index contributed by atoms with van der Waals surface area (Å²) in [5.41, 5.74) is 0.0434. The summed E-state index contributed by atoms with van der Waals surface area (Å²) in [6, 6.07) is 2.18. The van der Waals surface area contributed by atoms with E-state index in [0.717, 1.165) is 12.5 Å². The van der Waals surface area contributed by atoms with Gasteiger partial charge in [-0.05, 0) is 24.5 Å². The highest BCUT2D eigenvalue weighted by molar-refractivity contribution is 5.45. The lowest BCUT2D eigenvalue weighted by atomic mass is 10.0. The maximum Gasteiger partial charge on any atom is 0.196 e. The zero-order valence-corrected chi connectivity index (χ0v) is 9.61. The van der Waals surface area contributed by atoms with Crippen LogP contribution in [0.4, 0.5) is 18.9 Å². The van der Waals surface area contributed by atoms with E-state index in [1.807, 2.05) is 0 Å². The molecule has 0 unspecified atom stereocenters. The number of rotatable bonds is 4. The van der Waals surface area contributed by atoms with Crippen molar-refractivity contribution in [1.82, 2.24) is 0 Å². The summed E-state index contributed by atoms with van der Waals surface area (Å²) in [4.78, 5) is 0. The molecular formula is C13H16F3N. The Kier molecular flexibility index (Phi) is 3.92. The van der Waals surface area contributed by atoms with Crippen LogP contribution in [0.5, 0.6) is 0 Å². The first-order chi connectivity index (χ1) is 8.18. The lowest BCUT2D eigenvalue weighted by molar-refractivity contribution is 0.448. The highest BCUT2D eigenvalue weighted by atomic mass is 19.2. The van der Waals surface area contributed by atoms with Crippen LogP contribution in [0.15, 0.2) is 12.1 Å². The summed E-state index contributed by atoms with van der Waals surface area (Å²) in [7, 11) is 0. The van der Waals surface area contributed by atoms with E-state index in [1.165, 1.54) is 31.7 Å². The van der Waals surface area contributed by atoms with Gasteiger partial charge in [0.25, 0.3) is 0 Å². The second-order valence-electron chi connectivity index (χ2n) is 4.59. The smallest absolute Gasteiger partial charge is 0.196 e. The number of benzene rings is 1. The maximum atomic E-state index is 13.3. The molecule has 0 heterocycles. The average Bonchev–Trinajstić information content (AvgIpc) is 2.82. The van der Waals surface area contributed by atoms with Gasteiger partial charge in [-0.25, -0.2) is 13.2 Å². The molecule has 0 amide bonds. The highest BCUT2D eigenvalue weighted by Gasteiger charge is 2.16. The fourth-order valence-corrected chi connectivity index (χ4v) is 2.37. The van der Waals surface area contributed by atoms with Gasteiger partial charge in [0.1, 0.15) is 0 Å². The Morgan fingerprint density at radius 2 is 1.76 bits per heavy atom. The molecule has 1 N–H and O–H groups in total. The van der Waals surface area contributed by atoms with E-state index in [-0.39, 0.29) is 5.69 Å². The van der Waals surface area contributed by atoms with E-state index in [2.05, 4.69) is 5.32 Å². The Balaban J connectivity index is 1.88. The van der Waals surface area contributed by atoms with Crippen molar-refractivity contribution in [2.45, 2.75) is 32.1 Å². The van der Waals surface area contributed by atoms with Gasteiger partial charge in [0.05, 0.1) is 5.69 Å². The fourth-order valence-electron chi connectivity index (χ4n) is 2.37. The second kappa shape index (κ2) is 5.43. The first kappa shape index (κ1) is 12.3. The van der Waals surface area contributed by atoms with Crippen molar-refractivity contribution in [3.05, 3.63) is 29.6 Å². The predicted molar refractivity (Wildman–Crippen MR) is 61.4 cm³/mol. The summed E-state index contributed by atoms with van der Waals surface area (Å²) in [6.45, 7) is 0.604. The zero-order valence-electron chi connectivity index (χ0n) is 9.61. The van der Waals surface area contributed by atoms with Crippen molar-refractivity contribution in [2.24, 2.45) is 5.92 Å². The van der Waals surface area contributed by atoms with Gasteiger partial charge >= 0.3 is 0 Å². The van der Waals surface area contributed by atoms with Gasteiger partial charge < -0.3 is 5.32 Å². The van der Waals surface area contributed by atoms with Gasteiger partial charge in [-0.1, -0.05) is 25.7 Å². The second-order valence-corrected chi connectivity index (χ2v) is 4.59. The molecule has 2 rings (SSSR count). The van der Waals surface area contributed by atoms with E-state index < -0.39 is 17.5 Å². The molecule has 0 aromatic heterocycles. The van der Waals surface area contributed by atoms with Crippen LogP contribution in [-0.4, -0.2) is 6.54 Å². The van der Waals surface area contributed by atoms with Crippen molar-refractivity contribution in [3.8, 4) is 0 Å². The molecule has 17 heavy (non-hydrogen) atoms. The Bertz CT molecular complexity index is 386. The maximum absolute atomic E-state index is 13.3. The summed E-state index contributed by atoms with van der Waals surface area (Å²) in [5.74, 6) is -2.99. The van der Waals surface area contributed by atoms with E-state index in [9.17, 15) is 13.2 Å². The number of anilines is 1. The molecule has 1 aliphatic carbocycles. The number of hydrogen-bond donors (Lipinski definition) is 1. The monoisotopic (exact) mass is 243 g/mol. The predicted octanol–water partition coefficient (Wildman–Crippen LogP) is 4.10. The molecule has 1 aliphatic rings. The molecular weight excluding hydrogens is 227 g/mol. The van der Waals surface area contributed by atoms with Crippen LogP contribution in [0.1, 0.15) is 32.1 Å². The number of halogens is 3. The van der Waals surface area contributed by atoms with Crippen LogP contribution in [0, 0.1) is 23.4 Å². The lowest BCUT2D eigenvalue weighted by Gasteiger charge is -2.11. The van der Waals surface area contributed by atoms with Crippen LogP contribution < -0.4 is 5.32 Å². The minimum Gasteiger partial charge on any atom is -0.383 e. The summed E-state index contributed by atoms with van der Waals surface area (Å²) in [6.07, 6.45) is 5.94. The molecule has 1 aromatic carbocycles. The Hall–Kier alpha value is -1.19. The van der Waals surface area contributed by atoms with E-state index in [1.54, 1.807) is 0 Å². The molecule has 0 bridgehead atoms. The molecule has 1 fully saturated rings. The average molecular weight is 243 g/mol. The fraction of sp³-hybridized carbons (Fsp3) is 0.538. The van der Waals surface area contributed by atoms with Crippen LogP contribution >= 0.6 is 0 Å². The summed E-state index contributed by atoms with van der Waals surface area (Å²) in [5, 5.41) is 2.83. The third-order valence-corrected chi connectivity index (χ3v) is 3.38. The molecule has 0 aliphatic heterocycles. The molecule has 1 aromatic rings. The number of nitrogens with one attached hydrogen (secondary N) is 1. The largest absolute Gasteiger partial charge is 0.383 e. The van der Waals surface area contributed by atoms with Crippen molar-refractivity contribution in [3.63, 3.8) is 0 Å². The van der Waals surface area contributed by atoms with Gasteiger partial charge in [0, 0.05) is 6.54 Å². The Morgan fingerprint density at radius 3 is 2.47 bits per heavy atom. The van der Waals surface area contributed by atoms with Crippen LogP contribution in [0.2, 0.25) is 0 Å². The molecule has 94 valence electrons. The van der Waals surface area contributed by atoms with Gasteiger partial charge in [-0.2, -0.15) is 0 Å².